The van der Waals surface area contributed by atoms with Gasteiger partial charge in [-0.25, -0.2) is 13.2 Å². The van der Waals surface area contributed by atoms with E-state index in [1.165, 1.54) is 11.6 Å². The van der Waals surface area contributed by atoms with E-state index in [0.717, 1.165) is 35.7 Å². The summed E-state index contributed by atoms with van der Waals surface area (Å²) in [6, 6.07) is 17.3. The Morgan fingerprint density at radius 1 is 0.839 bits per heavy atom. The molecule has 0 atom stereocenters. The van der Waals surface area contributed by atoms with Gasteiger partial charge in [-0.3, -0.25) is 4.98 Å². The Labute approximate surface area is 178 Å². The molecule has 0 saturated heterocycles. The van der Waals surface area contributed by atoms with Gasteiger partial charge in [0.15, 0.2) is 17.5 Å². The van der Waals surface area contributed by atoms with Crippen molar-refractivity contribution in [2.45, 2.75) is 12.8 Å². The third-order valence-electron chi connectivity index (χ3n) is 4.97. The van der Waals surface area contributed by atoms with Crippen LogP contribution in [0, 0.1) is 29.3 Å². The molecule has 0 unspecified atom stereocenters. The number of halogens is 3. The van der Waals surface area contributed by atoms with Crippen LogP contribution < -0.4 is 0 Å². The number of nitrogens with zero attached hydrogens (tertiary/aromatic N) is 1. The molecule has 0 amide bonds. The lowest BCUT2D eigenvalue weighted by atomic mass is 10.0. The molecule has 4 heteroatoms. The Morgan fingerprint density at radius 3 is 2.29 bits per heavy atom. The second-order valence-electron chi connectivity index (χ2n) is 7.13. The first-order valence-electron chi connectivity index (χ1n) is 9.80. The molecule has 0 saturated carbocycles. The zero-order chi connectivity index (χ0) is 21.8. The fraction of sp³-hybridized carbons (Fsp3) is 0.0741. The van der Waals surface area contributed by atoms with E-state index in [1.807, 2.05) is 42.6 Å². The predicted octanol–water partition coefficient (Wildman–Crippen LogP) is 6.84. The minimum absolute atomic E-state index is 0.0248. The number of aromatic nitrogens is 1. The van der Waals surface area contributed by atoms with Gasteiger partial charge in [-0.05, 0) is 60.2 Å². The van der Waals surface area contributed by atoms with Gasteiger partial charge < -0.3 is 0 Å². The maximum atomic E-state index is 13.8. The fourth-order valence-corrected chi connectivity index (χ4v) is 3.26. The number of fused-ring (bicyclic) bond motifs is 1. The van der Waals surface area contributed by atoms with E-state index in [1.54, 1.807) is 12.1 Å². The molecule has 0 bridgehead atoms. The van der Waals surface area contributed by atoms with Crippen LogP contribution >= 0.6 is 0 Å². The standard InChI is InChI=1S/C27H18F3N/c1-2-3-4-20-10-14-25(31-17-20)21-11-7-18(8-12-21)5-6-19-9-13-23-22(15-19)16-24(28)27(30)26(23)29/h2,7-17H,1,3-4H2. The topological polar surface area (TPSA) is 12.9 Å². The highest BCUT2D eigenvalue weighted by atomic mass is 19.2. The third kappa shape index (κ3) is 4.51. The average Bonchev–Trinajstić information content (AvgIpc) is 2.80. The van der Waals surface area contributed by atoms with Crippen molar-refractivity contribution in [1.29, 1.82) is 0 Å². The summed E-state index contributed by atoms with van der Waals surface area (Å²) >= 11 is 0. The first-order chi connectivity index (χ1) is 15.0. The van der Waals surface area contributed by atoms with Gasteiger partial charge >= 0.3 is 0 Å². The van der Waals surface area contributed by atoms with E-state index in [4.69, 9.17) is 0 Å². The maximum absolute atomic E-state index is 13.8. The zero-order valence-corrected chi connectivity index (χ0v) is 16.6. The van der Waals surface area contributed by atoms with Crippen molar-refractivity contribution in [2.24, 2.45) is 0 Å². The third-order valence-corrected chi connectivity index (χ3v) is 4.97. The molecule has 0 radical (unpaired) electrons. The van der Waals surface area contributed by atoms with Crippen LogP contribution in [0.25, 0.3) is 22.0 Å². The summed E-state index contributed by atoms with van der Waals surface area (Å²) in [5.41, 5.74) is 4.41. The summed E-state index contributed by atoms with van der Waals surface area (Å²) in [6.07, 6.45) is 5.62. The van der Waals surface area contributed by atoms with Crippen LogP contribution in [-0.2, 0) is 6.42 Å². The van der Waals surface area contributed by atoms with Crippen molar-refractivity contribution in [3.63, 3.8) is 0 Å². The molecular weight excluding hydrogens is 395 g/mol. The van der Waals surface area contributed by atoms with Crippen LogP contribution in [0.5, 0.6) is 0 Å². The molecule has 0 aliphatic heterocycles. The van der Waals surface area contributed by atoms with Crippen molar-refractivity contribution < 1.29 is 13.2 Å². The van der Waals surface area contributed by atoms with Gasteiger partial charge in [0.25, 0.3) is 0 Å². The quantitative estimate of drug-likeness (QED) is 0.203. The van der Waals surface area contributed by atoms with E-state index in [9.17, 15) is 13.2 Å². The van der Waals surface area contributed by atoms with Gasteiger partial charge in [0, 0.05) is 28.3 Å². The maximum Gasteiger partial charge on any atom is 0.195 e. The van der Waals surface area contributed by atoms with E-state index in [0.29, 0.717) is 5.56 Å². The molecule has 0 aliphatic rings. The number of hydrogen-bond acceptors (Lipinski definition) is 1. The second kappa shape index (κ2) is 8.89. The largest absolute Gasteiger partial charge is 0.256 e. The molecule has 0 aliphatic carbocycles. The normalized spacial score (nSPS) is 10.5. The molecule has 4 rings (SSSR count). The van der Waals surface area contributed by atoms with Crippen molar-refractivity contribution in [3.05, 3.63) is 114 Å². The lowest BCUT2D eigenvalue weighted by Gasteiger charge is -2.03. The van der Waals surface area contributed by atoms with E-state index in [-0.39, 0.29) is 10.8 Å². The van der Waals surface area contributed by atoms with Gasteiger partial charge in [0.1, 0.15) is 0 Å². The van der Waals surface area contributed by atoms with Gasteiger partial charge in [-0.2, -0.15) is 0 Å². The molecule has 4 aromatic rings. The summed E-state index contributed by atoms with van der Waals surface area (Å²) in [7, 11) is 0. The molecule has 1 heterocycles. The number of pyridine rings is 1. The molecule has 3 aromatic carbocycles. The van der Waals surface area contributed by atoms with Crippen LogP contribution in [0.4, 0.5) is 13.2 Å². The fourth-order valence-electron chi connectivity index (χ4n) is 3.26. The molecule has 31 heavy (non-hydrogen) atoms. The first kappa shape index (κ1) is 20.4. The Bertz CT molecular complexity index is 1310. The number of rotatable bonds is 4. The lowest BCUT2D eigenvalue weighted by Crippen LogP contribution is -1.92. The van der Waals surface area contributed by atoms with Crippen molar-refractivity contribution in [1.82, 2.24) is 4.98 Å². The molecule has 152 valence electrons. The highest BCUT2D eigenvalue weighted by molar-refractivity contribution is 5.84. The van der Waals surface area contributed by atoms with E-state index in [2.05, 4.69) is 29.5 Å². The Balaban J connectivity index is 1.53. The number of aryl methyl sites for hydroxylation is 1. The second-order valence-corrected chi connectivity index (χ2v) is 7.13. The van der Waals surface area contributed by atoms with Crippen LogP contribution in [0.1, 0.15) is 23.1 Å². The number of allylic oxidation sites excluding steroid dienone is 1. The zero-order valence-electron chi connectivity index (χ0n) is 16.6. The predicted molar refractivity (Wildman–Crippen MR) is 118 cm³/mol. The van der Waals surface area contributed by atoms with Crippen molar-refractivity contribution in [3.8, 4) is 23.1 Å². The van der Waals surface area contributed by atoms with E-state index >= 15 is 0 Å². The van der Waals surface area contributed by atoms with Crippen LogP contribution in [0.2, 0.25) is 0 Å². The smallest absolute Gasteiger partial charge is 0.195 e. The number of hydrogen-bond donors (Lipinski definition) is 0. The SMILES string of the molecule is C=CCCc1ccc(-c2ccc(C#Cc3ccc4c(F)c(F)c(F)cc4c3)cc2)nc1. The first-order valence-corrected chi connectivity index (χ1v) is 9.80. The lowest BCUT2D eigenvalue weighted by molar-refractivity contribution is 0.453. The Kier molecular flexibility index (Phi) is 5.86. The van der Waals surface area contributed by atoms with Gasteiger partial charge in [0.2, 0.25) is 0 Å². The summed E-state index contributed by atoms with van der Waals surface area (Å²) in [5.74, 6) is 2.15. The van der Waals surface area contributed by atoms with Crippen LogP contribution in [-0.4, -0.2) is 4.98 Å². The van der Waals surface area contributed by atoms with Gasteiger partial charge in [0.05, 0.1) is 5.69 Å². The summed E-state index contributed by atoms with van der Waals surface area (Å²) in [5, 5.41) is 0.290. The number of benzene rings is 3. The minimum atomic E-state index is -1.47. The highest BCUT2D eigenvalue weighted by Gasteiger charge is 2.13. The molecule has 0 fully saturated rings. The summed E-state index contributed by atoms with van der Waals surface area (Å²) in [4.78, 5) is 4.52. The highest BCUT2D eigenvalue weighted by Crippen LogP contribution is 2.24. The van der Waals surface area contributed by atoms with E-state index < -0.39 is 17.5 Å². The van der Waals surface area contributed by atoms with Gasteiger partial charge in [-0.15, -0.1) is 6.58 Å². The monoisotopic (exact) mass is 413 g/mol. The average molecular weight is 413 g/mol. The Morgan fingerprint density at radius 2 is 1.58 bits per heavy atom. The van der Waals surface area contributed by atoms with Crippen molar-refractivity contribution >= 4 is 10.8 Å². The Hall–Kier alpha value is -3.84. The summed E-state index contributed by atoms with van der Waals surface area (Å²) in [6.45, 7) is 3.73. The minimum Gasteiger partial charge on any atom is -0.256 e. The molecular formula is C27H18F3N. The molecule has 1 nitrogen and oxygen atoms in total. The molecule has 0 spiro atoms. The van der Waals surface area contributed by atoms with Crippen molar-refractivity contribution in [2.75, 3.05) is 0 Å². The van der Waals surface area contributed by atoms with Gasteiger partial charge in [-0.1, -0.05) is 42.2 Å². The molecule has 0 N–H and O–H groups in total. The summed E-state index contributed by atoms with van der Waals surface area (Å²) < 4.78 is 40.7. The van der Waals surface area contributed by atoms with Crippen LogP contribution in [0.3, 0.4) is 0 Å². The van der Waals surface area contributed by atoms with Crippen LogP contribution in [0.15, 0.2) is 79.5 Å². The molecule has 1 aromatic heterocycles.